The van der Waals surface area contributed by atoms with Crippen molar-refractivity contribution in [3.8, 4) is 0 Å². The van der Waals surface area contributed by atoms with Crippen molar-refractivity contribution >= 4 is 32.3 Å². The fourth-order valence-corrected chi connectivity index (χ4v) is 5.30. The first-order valence-corrected chi connectivity index (χ1v) is 9.31. The molecule has 0 atom stereocenters. The summed E-state index contributed by atoms with van der Waals surface area (Å²) in [5, 5.41) is 0.336. The van der Waals surface area contributed by atoms with Crippen molar-refractivity contribution in [1.82, 2.24) is 0 Å². The number of thiophene rings is 1. The Morgan fingerprint density at radius 2 is 1.82 bits per heavy atom. The van der Waals surface area contributed by atoms with Crippen molar-refractivity contribution in [2.45, 2.75) is 30.6 Å². The molecule has 22 heavy (non-hydrogen) atoms. The second-order valence-corrected chi connectivity index (χ2v) is 7.99. The second kappa shape index (κ2) is 5.73. The maximum absolute atomic E-state index is 12.4. The van der Waals surface area contributed by atoms with E-state index in [2.05, 4.69) is 4.72 Å². The summed E-state index contributed by atoms with van der Waals surface area (Å²) in [6, 6.07) is 8.09. The van der Waals surface area contributed by atoms with Crippen LogP contribution >= 0.6 is 11.3 Å². The van der Waals surface area contributed by atoms with Crippen molar-refractivity contribution in [3.05, 3.63) is 46.3 Å². The number of rotatable bonds is 4. The van der Waals surface area contributed by atoms with Crippen LogP contribution in [0.4, 0.5) is 5.00 Å². The number of sulfonamides is 1. The number of anilines is 1. The van der Waals surface area contributed by atoms with Gasteiger partial charge in [0.05, 0.1) is 10.5 Å². The van der Waals surface area contributed by atoms with Crippen LogP contribution in [0, 0.1) is 0 Å². The van der Waals surface area contributed by atoms with Gasteiger partial charge in [0, 0.05) is 4.88 Å². The second-order valence-electron chi connectivity index (χ2n) is 5.20. The van der Waals surface area contributed by atoms with Gasteiger partial charge in [-0.25, -0.2) is 8.42 Å². The Morgan fingerprint density at radius 3 is 2.50 bits per heavy atom. The molecule has 1 aromatic carbocycles. The third kappa shape index (κ3) is 2.74. The van der Waals surface area contributed by atoms with Crippen LogP contribution in [0.3, 0.4) is 0 Å². The molecule has 7 heteroatoms. The molecule has 0 aliphatic heterocycles. The van der Waals surface area contributed by atoms with Gasteiger partial charge in [-0.2, -0.15) is 0 Å². The lowest BCUT2D eigenvalue weighted by Gasteiger charge is -2.11. The van der Waals surface area contributed by atoms with Gasteiger partial charge in [0.2, 0.25) is 0 Å². The predicted molar refractivity (Wildman–Crippen MR) is 86.7 cm³/mol. The molecule has 1 aliphatic rings. The molecular weight excluding hydrogens is 320 g/mol. The highest BCUT2D eigenvalue weighted by atomic mass is 32.2. The molecule has 0 saturated carbocycles. The maximum Gasteiger partial charge on any atom is 0.262 e. The molecule has 0 spiro atoms. The third-order valence-electron chi connectivity index (χ3n) is 3.70. The average Bonchev–Trinajstić information content (AvgIpc) is 2.85. The summed E-state index contributed by atoms with van der Waals surface area (Å²) < 4.78 is 27.4. The number of hydrogen-bond donors (Lipinski definition) is 2. The number of nitrogens with two attached hydrogens (primary N) is 1. The standard InChI is InChI=1S/C15H16N2O3S2/c16-14(18)13-11-8-4-5-9-12(11)21-15(13)17-22(19,20)10-6-2-1-3-7-10/h1-3,6-7,17H,4-5,8-9H2,(H2,16,18). The van der Waals surface area contributed by atoms with Crippen molar-refractivity contribution in [2.75, 3.05) is 4.72 Å². The Hall–Kier alpha value is -1.86. The summed E-state index contributed by atoms with van der Waals surface area (Å²) in [6.07, 6.45) is 3.69. The van der Waals surface area contributed by atoms with Crippen molar-refractivity contribution in [1.29, 1.82) is 0 Å². The summed E-state index contributed by atoms with van der Waals surface area (Å²) in [7, 11) is -3.72. The molecular formula is C15H16N2O3S2. The van der Waals surface area contributed by atoms with Crippen LogP contribution in [0.2, 0.25) is 0 Å². The smallest absolute Gasteiger partial charge is 0.262 e. The summed E-state index contributed by atoms with van der Waals surface area (Å²) in [6.45, 7) is 0. The van der Waals surface area contributed by atoms with E-state index in [-0.39, 0.29) is 4.90 Å². The van der Waals surface area contributed by atoms with Gasteiger partial charge in [0.25, 0.3) is 15.9 Å². The minimum Gasteiger partial charge on any atom is -0.365 e. The van der Waals surface area contributed by atoms with Gasteiger partial charge < -0.3 is 5.73 Å². The van der Waals surface area contributed by atoms with Gasteiger partial charge in [-0.3, -0.25) is 9.52 Å². The largest absolute Gasteiger partial charge is 0.365 e. The number of amides is 1. The number of carbonyl (C=O) groups is 1. The lowest BCUT2D eigenvalue weighted by atomic mass is 9.95. The maximum atomic E-state index is 12.4. The molecule has 0 unspecified atom stereocenters. The summed E-state index contributed by atoms with van der Waals surface area (Å²) in [4.78, 5) is 13.0. The fourth-order valence-electron chi connectivity index (χ4n) is 2.68. The molecule has 0 saturated heterocycles. The van der Waals surface area contributed by atoms with Crippen molar-refractivity contribution in [3.63, 3.8) is 0 Å². The first-order valence-electron chi connectivity index (χ1n) is 7.01. The number of benzene rings is 1. The minimum absolute atomic E-state index is 0.164. The first kappa shape index (κ1) is 15.1. The zero-order valence-electron chi connectivity index (χ0n) is 11.8. The van der Waals surface area contributed by atoms with E-state index in [4.69, 9.17) is 5.73 Å². The lowest BCUT2D eigenvalue weighted by molar-refractivity contribution is 0.100. The number of aryl methyl sites for hydroxylation is 1. The van der Waals surface area contributed by atoms with E-state index in [1.807, 2.05) is 0 Å². The number of hydrogen-bond acceptors (Lipinski definition) is 4. The predicted octanol–water partition coefficient (Wildman–Crippen LogP) is 2.53. The lowest BCUT2D eigenvalue weighted by Crippen LogP contribution is -2.18. The van der Waals surface area contributed by atoms with Crippen LogP contribution in [-0.4, -0.2) is 14.3 Å². The Morgan fingerprint density at radius 1 is 1.14 bits per heavy atom. The Bertz CT molecular complexity index is 811. The summed E-state index contributed by atoms with van der Waals surface area (Å²) in [5.74, 6) is -0.579. The molecule has 5 nitrogen and oxygen atoms in total. The minimum atomic E-state index is -3.72. The molecule has 0 fully saturated rings. The van der Waals surface area contributed by atoms with Crippen LogP contribution in [0.5, 0.6) is 0 Å². The molecule has 1 aromatic heterocycles. The zero-order chi connectivity index (χ0) is 15.7. The van der Waals surface area contributed by atoms with Crippen molar-refractivity contribution < 1.29 is 13.2 Å². The van der Waals surface area contributed by atoms with Gasteiger partial charge in [0.1, 0.15) is 5.00 Å². The normalized spacial score (nSPS) is 14.4. The SMILES string of the molecule is NC(=O)c1c(NS(=O)(=O)c2ccccc2)sc2c1CCCC2. The van der Waals surface area contributed by atoms with Crippen molar-refractivity contribution in [2.24, 2.45) is 5.73 Å². The van der Waals surface area contributed by atoms with Crippen LogP contribution < -0.4 is 10.5 Å². The summed E-state index contributed by atoms with van der Waals surface area (Å²) in [5.41, 5.74) is 6.72. The Labute approximate surface area is 133 Å². The highest BCUT2D eigenvalue weighted by Crippen LogP contribution is 2.38. The Balaban J connectivity index is 2.02. The van der Waals surface area contributed by atoms with Crippen LogP contribution in [0.15, 0.2) is 35.2 Å². The number of primary amides is 1. The van der Waals surface area contributed by atoms with E-state index in [0.29, 0.717) is 10.6 Å². The van der Waals surface area contributed by atoms with E-state index < -0.39 is 15.9 Å². The van der Waals surface area contributed by atoms with E-state index in [9.17, 15) is 13.2 Å². The van der Waals surface area contributed by atoms with Crippen LogP contribution in [-0.2, 0) is 22.9 Å². The topological polar surface area (TPSA) is 89.3 Å². The van der Waals surface area contributed by atoms with Gasteiger partial charge in [-0.05, 0) is 43.4 Å². The molecule has 1 amide bonds. The quantitative estimate of drug-likeness (QED) is 0.899. The molecule has 1 heterocycles. The van der Waals surface area contributed by atoms with E-state index in [1.54, 1.807) is 18.2 Å². The first-order chi connectivity index (χ1) is 10.5. The molecule has 0 radical (unpaired) electrons. The molecule has 1 aliphatic carbocycles. The molecule has 3 rings (SSSR count). The highest BCUT2D eigenvalue weighted by Gasteiger charge is 2.26. The summed E-state index contributed by atoms with van der Waals surface area (Å²) >= 11 is 1.32. The number of fused-ring (bicyclic) bond motifs is 1. The average molecular weight is 336 g/mol. The molecule has 3 N–H and O–H groups in total. The van der Waals surface area contributed by atoms with Crippen LogP contribution in [0.1, 0.15) is 33.6 Å². The monoisotopic (exact) mass is 336 g/mol. The van der Waals surface area contributed by atoms with E-state index in [0.717, 1.165) is 36.1 Å². The van der Waals surface area contributed by atoms with E-state index in [1.165, 1.54) is 23.5 Å². The number of nitrogens with one attached hydrogen (secondary N) is 1. The van der Waals surface area contributed by atoms with Crippen LogP contribution in [0.25, 0.3) is 0 Å². The molecule has 116 valence electrons. The molecule has 0 bridgehead atoms. The third-order valence-corrected chi connectivity index (χ3v) is 6.40. The highest BCUT2D eigenvalue weighted by molar-refractivity contribution is 7.93. The number of carbonyl (C=O) groups excluding carboxylic acids is 1. The van der Waals surface area contributed by atoms with Gasteiger partial charge in [-0.15, -0.1) is 11.3 Å². The van der Waals surface area contributed by atoms with E-state index >= 15 is 0 Å². The molecule has 2 aromatic rings. The van der Waals surface area contributed by atoms with Gasteiger partial charge in [0.15, 0.2) is 0 Å². The van der Waals surface area contributed by atoms with Gasteiger partial charge in [-0.1, -0.05) is 18.2 Å². The Kier molecular flexibility index (Phi) is 3.92. The van der Waals surface area contributed by atoms with Gasteiger partial charge >= 0.3 is 0 Å². The fraction of sp³-hybridized carbons (Fsp3) is 0.267. The zero-order valence-corrected chi connectivity index (χ0v) is 13.5.